The number of rotatable bonds is 6. The first-order chi connectivity index (χ1) is 12.9. The first kappa shape index (κ1) is 18.8. The van der Waals surface area contributed by atoms with Gasteiger partial charge in [-0.15, -0.1) is 0 Å². The molecular weight excluding hydrogens is 339 g/mol. The predicted molar refractivity (Wildman–Crippen MR) is 109 cm³/mol. The van der Waals surface area contributed by atoms with Crippen molar-refractivity contribution in [2.75, 3.05) is 17.2 Å². The van der Waals surface area contributed by atoms with Crippen LogP contribution in [0.15, 0.2) is 60.8 Å². The van der Waals surface area contributed by atoms with Gasteiger partial charge in [0.25, 0.3) is 0 Å². The molecule has 3 aromatic rings. The number of aromatic nitrogens is 2. The normalized spacial score (nSPS) is 11.3. The number of benzene rings is 2. The molecular formula is C22H25FN4. The molecule has 0 fully saturated rings. The minimum atomic E-state index is -0.178. The molecule has 3 rings (SSSR count). The van der Waals surface area contributed by atoms with Crippen molar-refractivity contribution in [2.24, 2.45) is 0 Å². The molecule has 0 saturated heterocycles. The Kier molecular flexibility index (Phi) is 5.69. The summed E-state index contributed by atoms with van der Waals surface area (Å²) in [5.74, 6) is 1.06. The number of hydrogen-bond donors (Lipinski definition) is 2. The highest BCUT2D eigenvalue weighted by Crippen LogP contribution is 2.30. The van der Waals surface area contributed by atoms with Gasteiger partial charge in [0, 0.05) is 18.4 Å². The van der Waals surface area contributed by atoms with Crippen LogP contribution in [0.4, 0.5) is 21.8 Å². The Balaban J connectivity index is 1.67. The van der Waals surface area contributed by atoms with Crippen molar-refractivity contribution >= 4 is 17.5 Å². The number of nitrogens with one attached hydrogen (secondary N) is 2. The molecule has 0 atom stereocenters. The lowest BCUT2D eigenvalue weighted by atomic mass is 9.86. The highest BCUT2D eigenvalue weighted by atomic mass is 19.1. The first-order valence-electron chi connectivity index (χ1n) is 9.10. The van der Waals surface area contributed by atoms with Gasteiger partial charge in [-0.3, -0.25) is 0 Å². The number of anilines is 3. The highest BCUT2D eigenvalue weighted by molar-refractivity contribution is 5.61. The van der Waals surface area contributed by atoms with Gasteiger partial charge in [0.05, 0.1) is 0 Å². The van der Waals surface area contributed by atoms with E-state index in [9.17, 15) is 4.39 Å². The van der Waals surface area contributed by atoms with Crippen molar-refractivity contribution in [3.05, 3.63) is 77.7 Å². The van der Waals surface area contributed by atoms with Gasteiger partial charge < -0.3 is 10.6 Å². The molecule has 4 nitrogen and oxygen atoms in total. The summed E-state index contributed by atoms with van der Waals surface area (Å²) in [5, 5.41) is 6.55. The van der Waals surface area contributed by atoms with Crippen LogP contribution in [0, 0.1) is 5.82 Å². The van der Waals surface area contributed by atoms with E-state index in [4.69, 9.17) is 0 Å². The molecule has 0 saturated carbocycles. The van der Waals surface area contributed by atoms with Crippen molar-refractivity contribution in [1.29, 1.82) is 0 Å². The fourth-order valence-electron chi connectivity index (χ4n) is 2.91. The van der Waals surface area contributed by atoms with Gasteiger partial charge in [0.1, 0.15) is 11.6 Å². The maximum absolute atomic E-state index is 13.7. The average molecular weight is 364 g/mol. The maximum Gasteiger partial charge on any atom is 0.229 e. The van der Waals surface area contributed by atoms with E-state index in [0.29, 0.717) is 30.3 Å². The largest absolute Gasteiger partial charge is 0.370 e. The van der Waals surface area contributed by atoms with Crippen molar-refractivity contribution in [3.8, 4) is 0 Å². The lowest BCUT2D eigenvalue weighted by molar-refractivity contribution is 0.592. The van der Waals surface area contributed by atoms with Crippen LogP contribution in [0.1, 0.15) is 31.9 Å². The maximum atomic E-state index is 13.7. The number of halogens is 1. The van der Waals surface area contributed by atoms with E-state index in [1.807, 2.05) is 30.3 Å². The third-order valence-electron chi connectivity index (χ3n) is 4.30. The number of para-hydroxylation sites is 1. The minimum Gasteiger partial charge on any atom is -0.370 e. The van der Waals surface area contributed by atoms with E-state index in [0.717, 1.165) is 5.69 Å². The lowest BCUT2D eigenvalue weighted by Crippen LogP contribution is -2.14. The van der Waals surface area contributed by atoms with Crippen LogP contribution in [-0.2, 0) is 11.8 Å². The van der Waals surface area contributed by atoms with Crippen molar-refractivity contribution in [1.82, 2.24) is 9.97 Å². The molecule has 0 amide bonds. The van der Waals surface area contributed by atoms with Crippen LogP contribution in [0.3, 0.4) is 0 Å². The first-order valence-corrected chi connectivity index (χ1v) is 9.10. The van der Waals surface area contributed by atoms with E-state index in [-0.39, 0.29) is 11.2 Å². The van der Waals surface area contributed by atoms with Crippen LogP contribution in [-0.4, -0.2) is 16.5 Å². The molecule has 0 bridgehead atoms. The second-order valence-electron chi connectivity index (χ2n) is 7.45. The van der Waals surface area contributed by atoms with Crippen LogP contribution >= 0.6 is 0 Å². The van der Waals surface area contributed by atoms with Crippen molar-refractivity contribution < 1.29 is 4.39 Å². The van der Waals surface area contributed by atoms with E-state index >= 15 is 0 Å². The van der Waals surface area contributed by atoms with Crippen LogP contribution < -0.4 is 10.6 Å². The second-order valence-corrected chi connectivity index (χ2v) is 7.45. The third kappa shape index (κ3) is 5.03. The van der Waals surface area contributed by atoms with Crippen LogP contribution in [0.5, 0.6) is 0 Å². The van der Waals surface area contributed by atoms with Gasteiger partial charge in [-0.05, 0) is 41.2 Å². The van der Waals surface area contributed by atoms with Crippen LogP contribution in [0.25, 0.3) is 0 Å². The van der Waals surface area contributed by atoms with E-state index in [1.165, 1.54) is 11.6 Å². The summed E-state index contributed by atoms with van der Waals surface area (Å²) >= 11 is 0. The molecule has 5 heteroatoms. The number of nitrogens with zero attached hydrogens (tertiary/aromatic N) is 2. The Morgan fingerprint density at radius 3 is 2.48 bits per heavy atom. The summed E-state index contributed by atoms with van der Waals surface area (Å²) in [6.07, 6.45) is 2.30. The van der Waals surface area contributed by atoms with Gasteiger partial charge >= 0.3 is 0 Å². The summed E-state index contributed by atoms with van der Waals surface area (Å²) in [7, 11) is 0. The van der Waals surface area contributed by atoms with Crippen LogP contribution in [0.2, 0.25) is 0 Å². The molecule has 0 spiro atoms. The van der Waals surface area contributed by atoms with E-state index in [1.54, 1.807) is 18.3 Å². The molecule has 2 aromatic carbocycles. The molecule has 1 aromatic heterocycles. The average Bonchev–Trinajstić information content (AvgIpc) is 2.63. The molecule has 0 aliphatic carbocycles. The van der Waals surface area contributed by atoms with Gasteiger partial charge in [0.2, 0.25) is 5.95 Å². The quantitative estimate of drug-likeness (QED) is 0.622. The van der Waals surface area contributed by atoms with E-state index in [2.05, 4.69) is 47.4 Å². The van der Waals surface area contributed by atoms with Gasteiger partial charge in [-0.1, -0.05) is 57.2 Å². The van der Waals surface area contributed by atoms with Gasteiger partial charge in [0.15, 0.2) is 0 Å². The lowest BCUT2D eigenvalue weighted by Gasteiger charge is -2.23. The molecule has 2 N–H and O–H groups in total. The number of hydrogen-bond acceptors (Lipinski definition) is 4. The SMILES string of the molecule is CC(C)(C)c1ccccc1Nc1nccc(NCCc2ccccc2F)n1. The second kappa shape index (κ2) is 8.16. The molecule has 1 heterocycles. The summed E-state index contributed by atoms with van der Waals surface area (Å²) in [6.45, 7) is 7.12. The molecule has 0 aliphatic rings. The van der Waals surface area contributed by atoms with E-state index < -0.39 is 0 Å². The summed E-state index contributed by atoms with van der Waals surface area (Å²) in [5.41, 5.74) is 2.90. The molecule has 27 heavy (non-hydrogen) atoms. The Bertz CT molecular complexity index is 903. The minimum absolute atomic E-state index is 0.0131. The fourth-order valence-corrected chi connectivity index (χ4v) is 2.91. The molecule has 140 valence electrons. The Morgan fingerprint density at radius 1 is 0.963 bits per heavy atom. The third-order valence-corrected chi connectivity index (χ3v) is 4.30. The smallest absolute Gasteiger partial charge is 0.229 e. The standard InChI is InChI=1S/C22H25FN4/c1-22(2,3)17-9-5-7-11-19(17)26-21-25-15-13-20(27-21)24-14-12-16-8-4-6-10-18(16)23/h4-11,13,15H,12,14H2,1-3H3,(H2,24,25,26,27). The molecule has 0 radical (unpaired) electrons. The molecule has 0 unspecified atom stereocenters. The topological polar surface area (TPSA) is 49.8 Å². The predicted octanol–water partition coefficient (Wildman–Crippen LogP) is 5.31. The zero-order valence-electron chi connectivity index (χ0n) is 16.0. The summed E-state index contributed by atoms with van der Waals surface area (Å²) in [4.78, 5) is 8.83. The highest BCUT2D eigenvalue weighted by Gasteiger charge is 2.17. The zero-order valence-corrected chi connectivity index (χ0v) is 16.0. The molecule has 0 aliphatic heterocycles. The van der Waals surface area contributed by atoms with Gasteiger partial charge in [-0.25, -0.2) is 9.37 Å². The summed E-state index contributed by atoms with van der Waals surface area (Å²) < 4.78 is 13.7. The Labute approximate surface area is 159 Å². The van der Waals surface area contributed by atoms with Crippen molar-refractivity contribution in [2.45, 2.75) is 32.6 Å². The Hall–Kier alpha value is -2.95. The monoisotopic (exact) mass is 364 g/mol. The van der Waals surface area contributed by atoms with Crippen molar-refractivity contribution in [3.63, 3.8) is 0 Å². The fraction of sp³-hybridized carbons (Fsp3) is 0.273. The Morgan fingerprint density at radius 2 is 1.70 bits per heavy atom. The zero-order chi connectivity index (χ0) is 19.3. The summed E-state index contributed by atoms with van der Waals surface area (Å²) in [6, 6.07) is 16.8. The van der Waals surface area contributed by atoms with Gasteiger partial charge in [-0.2, -0.15) is 4.98 Å².